The predicted octanol–water partition coefficient (Wildman–Crippen LogP) is 4.06. The quantitative estimate of drug-likeness (QED) is 0.850. The van der Waals surface area contributed by atoms with Crippen LogP contribution in [-0.4, -0.2) is 18.9 Å². The molecule has 0 saturated carbocycles. The molecule has 21 heavy (non-hydrogen) atoms. The van der Waals surface area contributed by atoms with Crippen LogP contribution in [-0.2, 0) is 6.18 Å². The van der Waals surface area contributed by atoms with Gasteiger partial charge in [-0.25, -0.2) is 0 Å². The van der Waals surface area contributed by atoms with Gasteiger partial charge in [-0.1, -0.05) is 25.5 Å². The van der Waals surface area contributed by atoms with E-state index in [1.807, 2.05) is 6.92 Å². The van der Waals surface area contributed by atoms with Gasteiger partial charge in [-0.3, -0.25) is 4.79 Å². The Balaban J connectivity index is 2.25. The molecule has 0 radical (unpaired) electrons. The Morgan fingerprint density at radius 3 is 2.43 bits per heavy atom. The molecular weight excluding hydrogens is 279 g/mol. The first kappa shape index (κ1) is 16.0. The monoisotopic (exact) mass is 299 g/mol. The van der Waals surface area contributed by atoms with E-state index in [1.165, 1.54) is 12.1 Å². The predicted molar refractivity (Wildman–Crippen MR) is 75.2 cm³/mol. The molecule has 116 valence electrons. The molecule has 1 atom stereocenters. The minimum absolute atomic E-state index is 0.0368. The van der Waals surface area contributed by atoms with Crippen molar-refractivity contribution in [1.29, 1.82) is 0 Å². The van der Waals surface area contributed by atoms with Gasteiger partial charge in [0.15, 0.2) is 5.78 Å². The van der Waals surface area contributed by atoms with E-state index >= 15 is 0 Å². The maximum Gasteiger partial charge on any atom is 0.416 e. The number of benzene rings is 1. The molecule has 1 heterocycles. The third kappa shape index (κ3) is 3.46. The number of piperidine rings is 1. The third-order valence-corrected chi connectivity index (χ3v) is 4.16. The first-order valence-electron chi connectivity index (χ1n) is 7.32. The van der Waals surface area contributed by atoms with Crippen LogP contribution < -0.4 is 5.32 Å². The fourth-order valence-electron chi connectivity index (χ4n) is 3.08. The van der Waals surface area contributed by atoms with Gasteiger partial charge in [0, 0.05) is 17.5 Å². The Hall–Kier alpha value is -1.36. The first-order valence-corrected chi connectivity index (χ1v) is 7.32. The lowest BCUT2D eigenvalue weighted by atomic mass is 9.71. The summed E-state index contributed by atoms with van der Waals surface area (Å²) >= 11 is 0. The Kier molecular flexibility index (Phi) is 4.71. The minimum atomic E-state index is -4.37. The molecule has 1 saturated heterocycles. The van der Waals surface area contributed by atoms with Gasteiger partial charge in [0.05, 0.1) is 5.56 Å². The smallest absolute Gasteiger partial charge is 0.316 e. The van der Waals surface area contributed by atoms with E-state index in [2.05, 4.69) is 5.32 Å². The van der Waals surface area contributed by atoms with Gasteiger partial charge in [0.2, 0.25) is 0 Å². The normalized spacial score (nSPS) is 23.0. The molecule has 5 heteroatoms. The number of ketones is 1. The van der Waals surface area contributed by atoms with Crippen LogP contribution in [0.1, 0.15) is 48.5 Å². The summed E-state index contributed by atoms with van der Waals surface area (Å²) in [6, 6.07) is 4.58. The Morgan fingerprint density at radius 1 is 1.29 bits per heavy atom. The lowest BCUT2D eigenvalue weighted by Gasteiger charge is -2.36. The summed E-state index contributed by atoms with van der Waals surface area (Å²) < 4.78 is 37.7. The van der Waals surface area contributed by atoms with Crippen LogP contribution in [0.25, 0.3) is 0 Å². The number of carbonyl (C=O) groups excluding carboxylic acids is 1. The molecule has 0 aliphatic carbocycles. The van der Waals surface area contributed by atoms with Crippen LogP contribution in [0.4, 0.5) is 13.2 Å². The van der Waals surface area contributed by atoms with Crippen molar-refractivity contribution in [3.8, 4) is 0 Å². The van der Waals surface area contributed by atoms with Crippen LogP contribution in [0.2, 0.25) is 0 Å². The number of nitrogens with one attached hydrogen (secondary N) is 1. The highest BCUT2D eigenvalue weighted by atomic mass is 19.4. The molecule has 1 aromatic carbocycles. The molecule has 0 aromatic heterocycles. The standard InChI is InChI=1S/C16H20F3NO/c1-2-8-15(9-3-10-20-11-15)14(21)12-4-6-13(7-5-12)16(17,18)19/h4-7,20H,2-3,8-11H2,1H3. The summed E-state index contributed by atoms with van der Waals surface area (Å²) in [6.07, 6.45) is -0.997. The maximum atomic E-state index is 12.8. The summed E-state index contributed by atoms with van der Waals surface area (Å²) in [6.45, 7) is 3.53. The van der Waals surface area contributed by atoms with Crippen LogP contribution >= 0.6 is 0 Å². The lowest BCUT2D eigenvalue weighted by molar-refractivity contribution is -0.137. The molecule has 1 unspecified atom stereocenters. The van der Waals surface area contributed by atoms with Crippen molar-refractivity contribution >= 4 is 5.78 Å². The zero-order valence-electron chi connectivity index (χ0n) is 12.1. The van der Waals surface area contributed by atoms with Crippen molar-refractivity contribution in [1.82, 2.24) is 5.32 Å². The highest BCUT2D eigenvalue weighted by Crippen LogP contribution is 2.36. The third-order valence-electron chi connectivity index (χ3n) is 4.16. The van der Waals surface area contributed by atoms with E-state index in [9.17, 15) is 18.0 Å². The first-order chi connectivity index (χ1) is 9.89. The molecule has 1 N–H and O–H groups in total. The second-order valence-corrected chi connectivity index (χ2v) is 5.71. The van der Waals surface area contributed by atoms with E-state index in [0.29, 0.717) is 12.1 Å². The number of halogens is 3. The largest absolute Gasteiger partial charge is 0.416 e. The van der Waals surface area contributed by atoms with E-state index in [-0.39, 0.29) is 5.78 Å². The van der Waals surface area contributed by atoms with Gasteiger partial charge in [-0.2, -0.15) is 13.2 Å². The van der Waals surface area contributed by atoms with Crippen molar-refractivity contribution in [3.05, 3.63) is 35.4 Å². The Labute approximate surface area is 122 Å². The average Bonchev–Trinajstić information content (AvgIpc) is 2.47. The summed E-state index contributed by atoms with van der Waals surface area (Å²) in [5.41, 5.74) is -0.808. The van der Waals surface area contributed by atoms with Crippen molar-refractivity contribution in [3.63, 3.8) is 0 Å². The Bertz CT molecular complexity index is 482. The van der Waals surface area contributed by atoms with E-state index in [0.717, 1.165) is 44.4 Å². The molecular formula is C16H20F3NO. The molecule has 1 aliphatic heterocycles. The summed E-state index contributed by atoms with van der Waals surface area (Å²) in [5, 5.41) is 3.25. The molecule has 1 aliphatic rings. The number of rotatable bonds is 4. The zero-order chi connectivity index (χ0) is 15.5. The topological polar surface area (TPSA) is 29.1 Å². The highest BCUT2D eigenvalue weighted by molar-refractivity contribution is 6.00. The summed E-state index contributed by atoms with van der Waals surface area (Å²) in [7, 11) is 0. The summed E-state index contributed by atoms with van der Waals surface area (Å²) in [5.74, 6) is -0.0368. The molecule has 0 bridgehead atoms. The van der Waals surface area contributed by atoms with Gasteiger partial charge in [0.1, 0.15) is 0 Å². The fourth-order valence-corrected chi connectivity index (χ4v) is 3.08. The fraction of sp³-hybridized carbons (Fsp3) is 0.562. The van der Waals surface area contributed by atoms with Gasteiger partial charge < -0.3 is 5.32 Å². The van der Waals surface area contributed by atoms with Gasteiger partial charge in [-0.05, 0) is 37.9 Å². The number of hydrogen-bond acceptors (Lipinski definition) is 2. The average molecular weight is 299 g/mol. The Morgan fingerprint density at radius 2 is 1.95 bits per heavy atom. The number of alkyl halides is 3. The number of carbonyl (C=O) groups is 1. The second kappa shape index (κ2) is 6.18. The SMILES string of the molecule is CCCC1(C(=O)c2ccc(C(F)(F)F)cc2)CCCNC1. The van der Waals surface area contributed by atoms with Crippen molar-refractivity contribution in [2.45, 2.75) is 38.8 Å². The van der Waals surface area contributed by atoms with Crippen LogP contribution in [0, 0.1) is 5.41 Å². The van der Waals surface area contributed by atoms with Crippen LogP contribution in [0.3, 0.4) is 0 Å². The highest BCUT2D eigenvalue weighted by Gasteiger charge is 2.39. The van der Waals surface area contributed by atoms with E-state index < -0.39 is 17.2 Å². The van der Waals surface area contributed by atoms with Gasteiger partial charge >= 0.3 is 6.18 Å². The molecule has 1 fully saturated rings. The molecule has 0 amide bonds. The summed E-state index contributed by atoms with van der Waals surface area (Å²) in [4.78, 5) is 12.8. The number of Topliss-reactive ketones (excluding diaryl/α,β-unsaturated/α-hetero) is 1. The zero-order valence-corrected chi connectivity index (χ0v) is 12.1. The molecule has 1 aromatic rings. The van der Waals surface area contributed by atoms with Crippen LogP contribution in [0.5, 0.6) is 0 Å². The minimum Gasteiger partial charge on any atom is -0.316 e. The van der Waals surface area contributed by atoms with E-state index in [4.69, 9.17) is 0 Å². The molecule has 2 nitrogen and oxygen atoms in total. The number of hydrogen-bond donors (Lipinski definition) is 1. The maximum absolute atomic E-state index is 12.8. The molecule has 0 spiro atoms. The van der Waals surface area contributed by atoms with Crippen LogP contribution in [0.15, 0.2) is 24.3 Å². The van der Waals surface area contributed by atoms with E-state index in [1.54, 1.807) is 0 Å². The van der Waals surface area contributed by atoms with Crippen molar-refractivity contribution in [2.75, 3.05) is 13.1 Å². The van der Waals surface area contributed by atoms with Gasteiger partial charge in [0.25, 0.3) is 0 Å². The molecule has 2 rings (SSSR count). The van der Waals surface area contributed by atoms with Gasteiger partial charge in [-0.15, -0.1) is 0 Å². The lowest BCUT2D eigenvalue weighted by Crippen LogP contribution is -2.45. The van der Waals surface area contributed by atoms with Crippen molar-refractivity contribution in [2.24, 2.45) is 5.41 Å². The van der Waals surface area contributed by atoms with Crippen molar-refractivity contribution < 1.29 is 18.0 Å². The second-order valence-electron chi connectivity index (χ2n) is 5.71.